The number of benzene rings is 2. The zero-order valence-electron chi connectivity index (χ0n) is 13.6. The molecule has 1 aromatic heterocycles. The molecule has 1 heterocycles. The van der Waals surface area contributed by atoms with E-state index in [0.717, 1.165) is 0 Å². The number of fused-ring (bicyclic) bond motifs is 1. The summed E-state index contributed by atoms with van der Waals surface area (Å²) in [7, 11) is 0. The van der Waals surface area contributed by atoms with E-state index in [1.807, 2.05) is 0 Å². The van der Waals surface area contributed by atoms with Crippen molar-refractivity contribution in [1.82, 2.24) is 14.9 Å². The molecule has 1 N–H and O–H groups in total. The van der Waals surface area contributed by atoms with Crippen LogP contribution in [0.4, 0.5) is 8.78 Å². The summed E-state index contributed by atoms with van der Waals surface area (Å²) in [4.78, 5) is 28.6. The van der Waals surface area contributed by atoms with Gasteiger partial charge in [-0.15, -0.1) is 0 Å². The largest absolute Gasteiger partial charge is 0.435 e. The molecular weight excluding hydrogens is 344 g/mol. The molecule has 0 saturated heterocycles. The molecule has 26 heavy (non-hydrogen) atoms. The molecule has 0 atom stereocenters. The van der Waals surface area contributed by atoms with Gasteiger partial charge in [-0.2, -0.15) is 8.78 Å². The fraction of sp³-hybridized carbons (Fsp3) is 0.167. The maximum absolute atomic E-state index is 12.3. The summed E-state index contributed by atoms with van der Waals surface area (Å²) in [6, 6.07) is 12.9. The summed E-state index contributed by atoms with van der Waals surface area (Å²) >= 11 is 0. The van der Waals surface area contributed by atoms with Crippen LogP contribution < -0.4 is 15.6 Å². The zero-order chi connectivity index (χ0) is 18.5. The number of nitrogens with zero attached hydrogens (tertiary/aromatic N) is 2. The molecule has 6 nitrogen and oxygen atoms in total. The monoisotopic (exact) mass is 359 g/mol. The zero-order valence-corrected chi connectivity index (χ0v) is 13.6. The number of hydrogen-bond acceptors (Lipinski definition) is 4. The quantitative estimate of drug-likeness (QED) is 0.733. The van der Waals surface area contributed by atoms with E-state index >= 15 is 0 Å². The van der Waals surface area contributed by atoms with Crippen molar-refractivity contribution >= 4 is 16.8 Å². The van der Waals surface area contributed by atoms with Gasteiger partial charge in [-0.1, -0.05) is 24.3 Å². The lowest BCUT2D eigenvalue weighted by Crippen LogP contribution is -2.32. The second kappa shape index (κ2) is 7.73. The topological polar surface area (TPSA) is 73.2 Å². The van der Waals surface area contributed by atoms with E-state index in [-0.39, 0.29) is 24.4 Å². The number of aromatic nitrogens is 2. The smallest absolute Gasteiger partial charge is 0.387 e. The number of hydrogen-bond donors (Lipinski definition) is 1. The second-order valence-electron chi connectivity index (χ2n) is 5.50. The van der Waals surface area contributed by atoms with Crippen molar-refractivity contribution < 1.29 is 18.3 Å². The third kappa shape index (κ3) is 4.21. The number of nitrogens with one attached hydrogen (secondary N) is 1. The molecule has 0 radical (unpaired) electrons. The fourth-order valence-corrected chi connectivity index (χ4v) is 2.46. The second-order valence-corrected chi connectivity index (χ2v) is 5.50. The van der Waals surface area contributed by atoms with Crippen molar-refractivity contribution in [2.24, 2.45) is 0 Å². The summed E-state index contributed by atoms with van der Waals surface area (Å²) in [6.07, 6.45) is 1.32. The van der Waals surface area contributed by atoms with Crippen molar-refractivity contribution in [3.63, 3.8) is 0 Å². The molecule has 0 fully saturated rings. The Hall–Kier alpha value is -3.29. The van der Waals surface area contributed by atoms with Gasteiger partial charge in [0.25, 0.3) is 5.56 Å². The molecular formula is C18H15F2N3O3. The van der Waals surface area contributed by atoms with E-state index < -0.39 is 12.5 Å². The van der Waals surface area contributed by atoms with Gasteiger partial charge in [-0.3, -0.25) is 14.2 Å². The maximum Gasteiger partial charge on any atom is 0.387 e. The van der Waals surface area contributed by atoms with Crippen molar-refractivity contribution in [2.75, 3.05) is 0 Å². The van der Waals surface area contributed by atoms with E-state index in [2.05, 4.69) is 15.0 Å². The minimum atomic E-state index is -2.91. The van der Waals surface area contributed by atoms with Gasteiger partial charge < -0.3 is 10.1 Å². The molecule has 0 aliphatic heterocycles. The minimum Gasteiger partial charge on any atom is -0.435 e. The van der Waals surface area contributed by atoms with E-state index in [1.165, 1.54) is 23.0 Å². The van der Waals surface area contributed by atoms with Crippen LogP contribution in [-0.4, -0.2) is 22.1 Å². The number of para-hydroxylation sites is 1. The molecule has 1 amide bonds. The SMILES string of the molecule is O=C(Cn1cnc2ccccc2c1=O)NCc1cccc(OC(F)F)c1. The first-order valence-electron chi connectivity index (χ1n) is 7.77. The van der Waals surface area contributed by atoms with E-state index in [4.69, 9.17) is 0 Å². The molecule has 3 aromatic rings. The molecule has 8 heteroatoms. The molecule has 134 valence electrons. The number of carbonyl (C=O) groups is 1. The third-order valence-electron chi connectivity index (χ3n) is 3.66. The van der Waals surface area contributed by atoms with Crippen LogP contribution >= 0.6 is 0 Å². The predicted octanol–water partition coefficient (Wildman–Crippen LogP) is 2.31. The molecule has 0 aliphatic rings. The van der Waals surface area contributed by atoms with Gasteiger partial charge in [0.1, 0.15) is 12.3 Å². The highest BCUT2D eigenvalue weighted by molar-refractivity contribution is 5.78. The lowest BCUT2D eigenvalue weighted by Gasteiger charge is -2.09. The normalized spacial score (nSPS) is 10.9. The Labute approximate surface area is 147 Å². The Balaban J connectivity index is 1.65. The van der Waals surface area contributed by atoms with Crippen LogP contribution in [0.15, 0.2) is 59.7 Å². The molecule has 0 spiro atoms. The molecule has 0 unspecified atom stereocenters. The first-order valence-corrected chi connectivity index (χ1v) is 7.77. The summed E-state index contributed by atoms with van der Waals surface area (Å²) in [6.45, 7) is -2.98. The Morgan fingerprint density at radius 3 is 2.81 bits per heavy atom. The summed E-state index contributed by atoms with van der Waals surface area (Å²) in [5, 5.41) is 3.06. The van der Waals surface area contributed by atoms with Crippen LogP contribution in [0.25, 0.3) is 10.9 Å². The highest BCUT2D eigenvalue weighted by atomic mass is 19.3. The summed E-state index contributed by atoms with van der Waals surface area (Å²) in [5.41, 5.74) is 0.851. The summed E-state index contributed by atoms with van der Waals surface area (Å²) in [5.74, 6) is -0.383. The molecule has 0 saturated carbocycles. The Morgan fingerprint density at radius 1 is 1.19 bits per heavy atom. The van der Waals surface area contributed by atoms with Gasteiger partial charge in [0.2, 0.25) is 5.91 Å². The number of rotatable bonds is 6. The molecule has 3 rings (SSSR count). The number of alkyl halides is 2. The van der Waals surface area contributed by atoms with Crippen molar-refractivity contribution in [3.8, 4) is 5.75 Å². The average Bonchev–Trinajstić information content (AvgIpc) is 2.62. The predicted molar refractivity (Wildman–Crippen MR) is 90.9 cm³/mol. The average molecular weight is 359 g/mol. The van der Waals surface area contributed by atoms with Crippen LogP contribution in [0.1, 0.15) is 5.56 Å². The third-order valence-corrected chi connectivity index (χ3v) is 3.66. The minimum absolute atomic E-state index is 0.0155. The first kappa shape index (κ1) is 17.5. The Bertz CT molecular complexity index is 989. The highest BCUT2D eigenvalue weighted by Gasteiger charge is 2.09. The van der Waals surface area contributed by atoms with Gasteiger partial charge in [0, 0.05) is 6.54 Å². The van der Waals surface area contributed by atoms with E-state index in [9.17, 15) is 18.4 Å². The van der Waals surface area contributed by atoms with Gasteiger partial charge in [-0.25, -0.2) is 4.98 Å². The van der Waals surface area contributed by atoms with Crippen molar-refractivity contribution in [1.29, 1.82) is 0 Å². The van der Waals surface area contributed by atoms with Crippen molar-refractivity contribution in [2.45, 2.75) is 19.7 Å². The Morgan fingerprint density at radius 2 is 2.00 bits per heavy atom. The van der Waals surface area contributed by atoms with Crippen molar-refractivity contribution in [3.05, 3.63) is 70.8 Å². The van der Waals surface area contributed by atoms with Gasteiger partial charge >= 0.3 is 6.61 Å². The van der Waals surface area contributed by atoms with Crippen LogP contribution in [0.2, 0.25) is 0 Å². The number of halogens is 2. The van der Waals surface area contributed by atoms with Gasteiger partial charge in [-0.05, 0) is 29.8 Å². The number of amides is 1. The highest BCUT2D eigenvalue weighted by Crippen LogP contribution is 2.15. The molecule has 0 bridgehead atoms. The number of ether oxygens (including phenoxy) is 1. The van der Waals surface area contributed by atoms with E-state index in [1.54, 1.807) is 36.4 Å². The molecule has 2 aromatic carbocycles. The first-order chi connectivity index (χ1) is 12.5. The lowest BCUT2D eigenvalue weighted by molar-refractivity contribution is -0.121. The van der Waals surface area contributed by atoms with Crippen LogP contribution in [0.3, 0.4) is 0 Å². The standard InChI is InChI=1S/C18H15F2N3O3/c19-18(20)26-13-5-3-4-12(8-13)9-21-16(24)10-23-11-22-15-7-2-1-6-14(15)17(23)25/h1-8,11,18H,9-10H2,(H,21,24). The molecule has 0 aliphatic carbocycles. The van der Waals surface area contributed by atoms with Gasteiger partial charge in [0.05, 0.1) is 17.2 Å². The Kier molecular flexibility index (Phi) is 5.21. The maximum atomic E-state index is 12.3. The fourth-order valence-electron chi connectivity index (χ4n) is 2.46. The number of carbonyl (C=O) groups excluding carboxylic acids is 1. The van der Waals surface area contributed by atoms with Crippen LogP contribution in [0.5, 0.6) is 5.75 Å². The lowest BCUT2D eigenvalue weighted by atomic mass is 10.2. The van der Waals surface area contributed by atoms with Crippen LogP contribution in [0, 0.1) is 0 Å². The van der Waals surface area contributed by atoms with Gasteiger partial charge in [0.15, 0.2) is 0 Å². The summed E-state index contributed by atoms with van der Waals surface area (Å²) < 4.78 is 30.0. The van der Waals surface area contributed by atoms with E-state index in [0.29, 0.717) is 16.5 Å². The van der Waals surface area contributed by atoms with Crippen LogP contribution in [-0.2, 0) is 17.9 Å².